The first-order valence-corrected chi connectivity index (χ1v) is 11.7. The summed E-state index contributed by atoms with van der Waals surface area (Å²) in [5.74, 6) is -4.56. The minimum Gasteiger partial charge on any atom is -0.481 e. The van der Waals surface area contributed by atoms with Gasteiger partial charge in [-0.3, -0.25) is 19.2 Å². The van der Waals surface area contributed by atoms with E-state index in [1.807, 2.05) is 24.3 Å². The molecule has 0 aliphatic carbocycles. The number of carbonyl (C=O) groups excluding carboxylic acids is 3. The third-order valence-electron chi connectivity index (χ3n) is 5.77. The highest BCUT2D eigenvalue weighted by Gasteiger charge is 2.26. The Labute approximate surface area is 216 Å². The average molecular weight is 528 g/mol. The number of nitrogens with two attached hydrogens (primary N) is 1. The molecule has 14 heteroatoms. The molecule has 9 N–H and O–H groups in total. The van der Waals surface area contributed by atoms with Crippen LogP contribution in [0.3, 0.4) is 0 Å². The van der Waals surface area contributed by atoms with E-state index in [1.165, 1.54) is 12.5 Å². The monoisotopic (exact) mass is 527 g/mol. The fourth-order valence-electron chi connectivity index (χ4n) is 3.77. The lowest BCUT2D eigenvalue weighted by Crippen LogP contribution is -2.54. The summed E-state index contributed by atoms with van der Waals surface area (Å²) in [7, 11) is 0. The van der Waals surface area contributed by atoms with Gasteiger partial charge in [-0.05, 0) is 18.1 Å². The summed E-state index contributed by atoms with van der Waals surface area (Å²) in [4.78, 5) is 70.0. The van der Waals surface area contributed by atoms with Crippen LogP contribution in [0.5, 0.6) is 0 Å². The summed E-state index contributed by atoms with van der Waals surface area (Å²) in [5.41, 5.74) is 7.79. The average Bonchev–Trinajstić information content (AvgIpc) is 3.55. The molecule has 0 bridgehead atoms. The number of aliphatic carboxylic acids is 2. The van der Waals surface area contributed by atoms with Crippen LogP contribution in [-0.4, -0.2) is 79.5 Å². The second kappa shape index (κ2) is 13.0. The molecule has 0 aliphatic rings. The summed E-state index contributed by atoms with van der Waals surface area (Å²) in [5, 5.41) is 26.5. The standard InChI is InChI=1S/C24H29N7O7/c25-16(5-6-21(33)34)22(35)31-18(8-14-10-26-12-29-14)23(36)28-11-20(32)30-19(24(37)38)7-13-9-27-17-4-2-1-3-15(13)17/h1-4,9-10,12,16,18-19,27H,5-8,11,25H2,(H,26,29)(H,28,36)(H,30,32)(H,31,35)(H,33,34)(H,37,38). The third kappa shape index (κ3) is 7.89. The fourth-order valence-corrected chi connectivity index (χ4v) is 3.77. The Morgan fingerprint density at radius 3 is 2.42 bits per heavy atom. The molecule has 1 aromatic carbocycles. The maximum Gasteiger partial charge on any atom is 0.326 e. The lowest BCUT2D eigenvalue weighted by Gasteiger charge is -2.20. The van der Waals surface area contributed by atoms with Crippen molar-refractivity contribution in [3.8, 4) is 0 Å². The van der Waals surface area contributed by atoms with Gasteiger partial charge in [0.15, 0.2) is 0 Å². The highest BCUT2D eigenvalue weighted by molar-refractivity contribution is 5.93. The minimum atomic E-state index is -1.24. The lowest BCUT2D eigenvalue weighted by atomic mass is 10.0. The molecule has 2 aromatic heterocycles. The van der Waals surface area contributed by atoms with Gasteiger partial charge in [0.25, 0.3) is 0 Å². The Kier molecular flexibility index (Phi) is 9.54. The molecule has 3 aromatic rings. The first kappa shape index (κ1) is 27.9. The highest BCUT2D eigenvalue weighted by Crippen LogP contribution is 2.19. The number of carboxylic acids is 2. The van der Waals surface area contributed by atoms with Crippen LogP contribution >= 0.6 is 0 Å². The van der Waals surface area contributed by atoms with Crippen LogP contribution < -0.4 is 21.7 Å². The molecule has 3 amide bonds. The van der Waals surface area contributed by atoms with E-state index >= 15 is 0 Å². The van der Waals surface area contributed by atoms with E-state index in [1.54, 1.807) is 6.20 Å². The van der Waals surface area contributed by atoms with Crippen LogP contribution in [0.25, 0.3) is 10.9 Å². The van der Waals surface area contributed by atoms with E-state index in [4.69, 9.17) is 10.8 Å². The van der Waals surface area contributed by atoms with Crippen LogP contribution in [0.2, 0.25) is 0 Å². The molecule has 0 spiro atoms. The van der Waals surface area contributed by atoms with Gasteiger partial charge < -0.3 is 41.9 Å². The first-order valence-electron chi connectivity index (χ1n) is 11.7. The zero-order valence-electron chi connectivity index (χ0n) is 20.3. The molecule has 14 nitrogen and oxygen atoms in total. The molecule has 0 aliphatic heterocycles. The highest BCUT2D eigenvalue weighted by atomic mass is 16.4. The number of para-hydroxylation sites is 1. The molecule has 0 saturated carbocycles. The van der Waals surface area contributed by atoms with Gasteiger partial charge in [-0.2, -0.15) is 0 Å². The Bertz CT molecular complexity index is 1290. The maximum atomic E-state index is 12.8. The number of amides is 3. The SMILES string of the molecule is NC(CCC(=O)O)C(=O)NC(Cc1cnc[nH]1)C(=O)NCC(=O)NC(Cc1c[nH]c2ccccc12)C(=O)O. The Morgan fingerprint density at radius 2 is 1.74 bits per heavy atom. The lowest BCUT2D eigenvalue weighted by molar-refractivity contribution is -0.141. The number of benzene rings is 1. The Balaban J connectivity index is 1.59. The Hall–Kier alpha value is -4.72. The number of aromatic nitrogens is 3. The Morgan fingerprint density at radius 1 is 0.974 bits per heavy atom. The van der Waals surface area contributed by atoms with E-state index in [-0.39, 0.29) is 25.7 Å². The summed E-state index contributed by atoms with van der Waals surface area (Å²) in [6.07, 6.45) is 4.07. The predicted molar refractivity (Wildman–Crippen MR) is 134 cm³/mol. The molecule has 38 heavy (non-hydrogen) atoms. The zero-order valence-corrected chi connectivity index (χ0v) is 20.3. The number of nitrogens with one attached hydrogen (secondary N) is 5. The van der Waals surface area contributed by atoms with Gasteiger partial charge in [-0.25, -0.2) is 9.78 Å². The number of rotatable bonds is 14. The maximum absolute atomic E-state index is 12.8. The van der Waals surface area contributed by atoms with Gasteiger partial charge in [0.2, 0.25) is 17.7 Å². The third-order valence-corrected chi connectivity index (χ3v) is 5.77. The molecule has 3 rings (SSSR count). The van der Waals surface area contributed by atoms with Gasteiger partial charge in [0, 0.05) is 48.3 Å². The number of imidazole rings is 1. The van der Waals surface area contributed by atoms with Crippen molar-refractivity contribution in [3.63, 3.8) is 0 Å². The number of carbonyl (C=O) groups is 5. The van der Waals surface area contributed by atoms with Crippen LogP contribution in [0.1, 0.15) is 24.1 Å². The number of fused-ring (bicyclic) bond motifs is 1. The molecule has 0 saturated heterocycles. The van der Waals surface area contributed by atoms with E-state index in [9.17, 15) is 29.1 Å². The number of H-pyrrole nitrogens is 2. The second-order valence-electron chi connectivity index (χ2n) is 8.62. The summed E-state index contributed by atoms with van der Waals surface area (Å²) < 4.78 is 0. The van der Waals surface area contributed by atoms with Crippen molar-refractivity contribution in [2.75, 3.05) is 6.54 Å². The molecular weight excluding hydrogens is 498 g/mol. The van der Waals surface area contributed by atoms with Crippen molar-refractivity contribution in [3.05, 3.63) is 54.2 Å². The molecule has 202 valence electrons. The van der Waals surface area contributed by atoms with Crippen molar-refractivity contribution in [2.24, 2.45) is 5.73 Å². The van der Waals surface area contributed by atoms with Gasteiger partial charge >= 0.3 is 11.9 Å². The van der Waals surface area contributed by atoms with E-state index in [0.717, 1.165) is 10.9 Å². The van der Waals surface area contributed by atoms with Gasteiger partial charge in [-0.15, -0.1) is 0 Å². The molecular formula is C24H29N7O7. The summed E-state index contributed by atoms with van der Waals surface area (Å²) in [6, 6.07) is 3.78. The zero-order chi connectivity index (χ0) is 27.7. The van der Waals surface area contributed by atoms with E-state index < -0.39 is 54.3 Å². The van der Waals surface area contributed by atoms with Crippen molar-refractivity contribution < 1.29 is 34.2 Å². The first-order chi connectivity index (χ1) is 18.1. The van der Waals surface area contributed by atoms with Crippen molar-refractivity contribution in [1.29, 1.82) is 0 Å². The van der Waals surface area contributed by atoms with Crippen LogP contribution in [-0.2, 0) is 36.8 Å². The predicted octanol–water partition coefficient (Wildman–Crippen LogP) is -0.961. The van der Waals surface area contributed by atoms with E-state index in [2.05, 4.69) is 30.9 Å². The molecule has 3 unspecified atom stereocenters. The van der Waals surface area contributed by atoms with Gasteiger partial charge in [0.1, 0.15) is 12.1 Å². The van der Waals surface area contributed by atoms with E-state index in [0.29, 0.717) is 11.3 Å². The van der Waals surface area contributed by atoms with Crippen molar-refractivity contribution >= 4 is 40.6 Å². The summed E-state index contributed by atoms with van der Waals surface area (Å²) in [6.45, 7) is -0.545. The van der Waals surface area contributed by atoms with Gasteiger partial charge in [-0.1, -0.05) is 18.2 Å². The molecule has 0 radical (unpaired) electrons. The fraction of sp³-hybridized carbons (Fsp3) is 0.333. The van der Waals surface area contributed by atoms with Crippen LogP contribution in [0.4, 0.5) is 0 Å². The second-order valence-corrected chi connectivity index (χ2v) is 8.62. The van der Waals surface area contributed by atoms with Gasteiger partial charge in [0.05, 0.1) is 18.9 Å². The van der Waals surface area contributed by atoms with Crippen LogP contribution in [0.15, 0.2) is 43.0 Å². The molecule has 3 atom stereocenters. The van der Waals surface area contributed by atoms with Crippen molar-refractivity contribution in [1.82, 2.24) is 30.9 Å². The quantitative estimate of drug-likeness (QED) is 0.129. The largest absolute Gasteiger partial charge is 0.481 e. The minimum absolute atomic E-state index is 0.0108. The number of nitrogens with zero attached hydrogens (tertiary/aromatic N) is 1. The normalized spacial score (nSPS) is 13.3. The molecule has 0 fully saturated rings. The number of carboxylic acid groups (broad SMARTS) is 2. The number of hydrogen-bond acceptors (Lipinski definition) is 7. The van der Waals surface area contributed by atoms with Crippen LogP contribution in [0, 0.1) is 0 Å². The number of aromatic amines is 2. The topological polar surface area (TPSA) is 232 Å². The van der Waals surface area contributed by atoms with Crippen molar-refractivity contribution in [2.45, 2.75) is 43.8 Å². The smallest absolute Gasteiger partial charge is 0.326 e. The molecule has 2 heterocycles. The summed E-state index contributed by atoms with van der Waals surface area (Å²) >= 11 is 0. The number of hydrogen-bond donors (Lipinski definition) is 8.